The lowest BCUT2D eigenvalue weighted by Gasteiger charge is -2.21. The number of carbonyl (C=O) groups is 3. The number of benzene rings is 2. The summed E-state index contributed by atoms with van der Waals surface area (Å²) in [6, 6.07) is 13.8. The van der Waals surface area contributed by atoms with Gasteiger partial charge in [0.1, 0.15) is 5.82 Å². The van der Waals surface area contributed by atoms with E-state index < -0.39 is 36.2 Å². The fourth-order valence-electron chi connectivity index (χ4n) is 2.70. The summed E-state index contributed by atoms with van der Waals surface area (Å²) in [5.41, 5.74) is 0.741. The molecule has 0 spiro atoms. The number of carbonyl (C=O) groups excluding carboxylic acids is 3. The van der Waals surface area contributed by atoms with Crippen LogP contribution in [0, 0.1) is 11.7 Å². The third kappa shape index (κ3) is 5.90. The fourth-order valence-corrected chi connectivity index (χ4v) is 2.70. The Kier molecular flexibility index (Phi) is 7.68. The van der Waals surface area contributed by atoms with Crippen molar-refractivity contribution in [1.82, 2.24) is 5.32 Å². The zero-order valence-corrected chi connectivity index (χ0v) is 15.8. The molecule has 2 N–H and O–H groups in total. The van der Waals surface area contributed by atoms with E-state index in [9.17, 15) is 18.8 Å². The van der Waals surface area contributed by atoms with Crippen LogP contribution in [0.5, 0.6) is 0 Å². The van der Waals surface area contributed by atoms with E-state index in [1.165, 1.54) is 18.2 Å². The Hall–Kier alpha value is -3.22. The van der Waals surface area contributed by atoms with Gasteiger partial charge in [0.05, 0.1) is 11.6 Å². The van der Waals surface area contributed by atoms with Gasteiger partial charge in [-0.2, -0.15) is 0 Å². The van der Waals surface area contributed by atoms with E-state index in [0.717, 1.165) is 12.0 Å². The third-order valence-corrected chi connectivity index (χ3v) is 4.35. The van der Waals surface area contributed by atoms with Gasteiger partial charge in [0.15, 0.2) is 6.61 Å². The van der Waals surface area contributed by atoms with Crippen molar-refractivity contribution in [3.8, 4) is 0 Å². The van der Waals surface area contributed by atoms with Crippen LogP contribution in [0.3, 0.4) is 0 Å². The van der Waals surface area contributed by atoms with Gasteiger partial charge >= 0.3 is 12.0 Å². The number of halogens is 1. The highest BCUT2D eigenvalue weighted by molar-refractivity contribution is 6.02. The lowest BCUT2D eigenvalue weighted by molar-refractivity contribution is -0.151. The summed E-state index contributed by atoms with van der Waals surface area (Å²) in [6.45, 7) is 3.29. The summed E-state index contributed by atoms with van der Waals surface area (Å²) in [5.74, 6) is -2.47. The number of amides is 3. The van der Waals surface area contributed by atoms with Crippen molar-refractivity contribution in [1.29, 1.82) is 0 Å². The number of urea groups is 1. The van der Waals surface area contributed by atoms with E-state index in [4.69, 9.17) is 4.74 Å². The molecule has 0 aliphatic carbocycles. The maximum Gasteiger partial charge on any atom is 0.326 e. The molecular formula is C21H23FN2O4. The van der Waals surface area contributed by atoms with E-state index in [1.807, 2.05) is 49.5 Å². The number of esters is 1. The molecule has 2 rings (SSSR count). The van der Waals surface area contributed by atoms with Crippen LogP contribution in [-0.2, 0) is 14.3 Å². The van der Waals surface area contributed by atoms with Crippen LogP contribution < -0.4 is 10.6 Å². The molecule has 0 unspecified atom stereocenters. The van der Waals surface area contributed by atoms with E-state index in [2.05, 4.69) is 5.32 Å². The van der Waals surface area contributed by atoms with Gasteiger partial charge in [-0.1, -0.05) is 62.7 Å². The maximum absolute atomic E-state index is 13.5. The highest BCUT2D eigenvalue weighted by Gasteiger charge is 2.28. The van der Waals surface area contributed by atoms with Gasteiger partial charge in [0.2, 0.25) is 0 Å². The lowest BCUT2D eigenvalue weighted by atomic mass is 9.86. The molecule has 148 valence electrons. The van der Waals surface area contributed by atoms with Crippen LogP contribution >= 0.6 is 0 Å². The Morgan fingerprint density at radius 2 is 1.68 bits per heavy atom. The average molecular weight is 386 g/mol. The zero-order chi connectivity index (χ0) is 20.5. The van der Waals surface area contributed by atoms with Gasteiger partial charge < -0.3 is 10.1 Å². The van der Waals surface area contributed by atoms with Crippen molar-refractivity contribution < 1.29 is 23.5 Å². The van der Waals surface area contributed by atoms with Crippen molar-refractivity contribution in [3.05, 3.63) is 66.0 Å². The summed E-state index contributed by atoms with van der Waals surface area (Å²) in [4.78, 5) is 36.2. The number of imide groups is 1. The number of hydrogen-bond acceptors (Lipinski definition) is 4. The summed E-state index contributed by atoms with van der Waals surface area (Å²) in [6.07, 6.45) is 0.756. The molecule has 6 nitrogen and oxygen atoms in total. The average Bonchev–Trinajstić information content (AvgIpc) is 2.69. The monoisotopic (exact) mass is 386 g/mol. The number of para-hydroxylation sites is 1. The van der Waals surface area contributed by atoms with Crippen molar-refractivity contribution in [3.63, 3.8) is 0 Å². The van der Waals surface area contributed by atoms with E-state index >= 15 is 0 Å². The van der Waals surface area contributed by atoms with Crippen molar-refractivity contribution in [2.45, 2.75) is 26.2 Å². The van der Waals surface area contributed by atoms with Gasteiger partial charge in [-0.3, -0.25) is 14.9 Å². The highest BCUT2D eigenvalue weighted by Crippen LogP contribution is 2.28. The molecule has 2 atom stereocenters. The molecule has 0 bridgehead atoms. The summed E-state index contributed by atoms with van der Waals surface area (Å²) >= 11 is 0. The normalized spacial score (nSPS) is 12.5. The molecule has 2 aromatic rings. The molecule has 2 aromatic carbocycles. The van der Waals surface area contributed by atoms with Crippen LogP contribution in [0.15, 0.2) is 54.6 Å². The Balaban J connectivity index is 1.90. The molecule has 7 heteroatoms. The minimum absolute atomic E-state index is 0.0160. The molecule has 0 fully saturated rings. The predicted octanol–water partition coefficient (Wildman–Crippen LogP) is 3.85. The molecule has 3 amide bonds. The van der Waals surface area contributed by atoms with Gasteiger partial charge in [0, 0.05) is 0 Å². The number of ether oxygens (including phenoxy) is 1. The van der Waals surface area contributed by atoms with Gasteiger partial charge in [-0.15, -0.1) is 0 Å². The first-order valence-corrected chi connectivity index (χ1v) is 8.99. The van der Waals surface area contributed by atoms with Crippen LogP contribution in [0.2, 0.25) is 0 Å². The van der Waals surface area contributed by atoms with Crippen LogP contribution in [0.4, 0.5) is 14.9 Å². The Morgan fingerprint density at radius 1 is 1.04 bits per heavy atom. The smallest absolute Gasteiger partial charge is 0.326 e. The summed E-state index contributed by atoms with van der Waals surface area (Å²) in [5, 5.41) is 4.22. The first-order chi connectivity index (χ1) is 13.4. The van der Waals surface area contributed by atoms with Crippen molar-refractivity contribution in [2.75, 3.05) is 11.9 Å². The molecule has 0 aromatic heterocycles. The molecule has 0 saturated heterocycles. The second kappa shape index (κ2) is 10.2. The third-order valence-electron chi connectivity index (χ3n) is 4.35. The molecule has 0 aliphatic rings. The molecule has 0 aliphatic heterocycles. The van der Waals surface area contributed by atoms with Crippen LogP contribution in [0.25, 0.3) is 0 Å². The molecule has 0 radical (unpaired) electrons. The van der Waals surface area contributed by atoms with Gasteiger partial charge in [0.25, 0.3) is 5.91 Å². The first kappa shape index (κ1) is 21.1. The molecule has 0 saturated carbocycles. The highest BCUT2D eigenvalue weighted by atomic mass is 19.1. The van der Waals surface area contributed by atoms with Crippen molar-refractivity contribution >= 4 is 23.6 Å². The van der Waals surface area contributed by atoms with E-state index in [0.29, 0.717) is 0 Å². The van der Waals surface area contributed by atoms with Crippen LogP contribution in [-0.4, -0.2) is 24.5 Å². The number of nitrogens with one attached hydrogen (secondary N) is 2. The maximum atomic E-state index is 13.5. The quantitative estimate of drug-likeness (QED) is 0.708. The van der Waals surface area contributed by atoms with Gasteiger partial charge in [-0.05, 0) is 23.6 Å². The standard InChI is InChI=1S/C21H23FN2O4/c1-3-14(2)19(15-9-5-4-6-10-15)20(26)28-13-18(25)24-21(27)23-17-12-8-7-11-16(17)22/h4-12,14,19H,3,13H2,1-2H3,(H2,23,24,25,27)/t14-,19+/m1/s1. The zero-order valence-electron chi connectivity index (χ0n) is 15.8. The second-order valence-electron chi connectivity index (χ2n) is 6.36. The van der Waals surface area contributed by atoms with E-state index in [1.54, 1.807) is 6.07 Å². The fraction of sp³-hybridized carbons (Fsp3) is 0.286. The van der Waals surface area contributed by atoms with E-state index in [-0.39, 0.29) is 11.6 Å². The SMILES string of the molecule is CC[C@@H](C)[C@H](C(=O)OCC(=O)NC(=O)Nc1ccccc1F)c1ccccc1. The summed E-state index contributed by atoms with van der Waals surface area (Å²) < 4.78 is 18.6. The second-order valence-corrected chi connectivity index (χ2v) is 6.36. The minimum Gasteiger partial charge on any atom is -0.455 e. The van der Waals surface area contributed by atoms with Crippen molar-refractivity contribution in [2.24, 2.45) is 5.92 Å². The lowest BCUT2D eigenvalue weighted by Crippen LogP contribution is -2.38. The predicted molar refractivity (Wildman–Crippen MR) is 103 cm³/mol. The Bertz CT molecular complexity index is 826. The number of anilines is 1. The molecular weight excluding hydrogens is 363 g/mol. The number of rotatable bonds is 7. The molecule has 28 heavy (non-hydrogen) atoms. The summed E-state index contributed by atoms with van der Waals surface area (Å²) in [7, 11) is 0. The number of hydrogen-bond donors (Lipinski definition) is 2. The first-order valence-electron chi connectivity index (χ1n) is 8.99. The largest absolute Gasteiger partial charge is 0.455 e. The van der Waals surface area contributed by atoms with Crippen LogP contribution in [0.1, 0.15) is 31.7 Å². The topological polar surface area (TPSA) is 84.5 Å². The molecule has 0 heterocycles. The van der Waals surface area contributed by atoms with Gasteiger partial charge in [-0.25, -0.2) is 9.18 Å². The minimum atomic E-state index is -0.910. The Morgan fingerprint density at radius 3 is 2.32 bits per heavy atom. The Labute approximate surface area is 163 Å².